The first-order chi connectivity index (χ1) is 8.16. The molecule has 2 rings (SSSR count). The SMILES string of the molecule is OB(O)c1ccc(Oc2ccccc2)c(Cl)c1. The van der Waals surface area contributed by atoms with Gasteiger partial charge in [0.05, 0.1) is 5.02 Å². The van der Waals surface area contributed by atoms with Gasteiger partial charge in [0.1, 0.15) is 11.5 Å². The Balaban J connectivity index is 2.23. The van der Waals surface area contributed by atoms with E-state index in [1.165, 1.54) is 6.07 Å². The normalized spacial score (nSPS) is 10.1. The second-order valence-corrected chi connectivity index (χ2v) is 3.89. The molecule has 0 aromatic heterocycles. The number of rotatable bonds is 3. The molecule has 5 heteroatoms. The molecule has 86 valence electrons. The summed E-state index contributed by atoms with van der Waals surface area (Å²) >= 11 is 5.98. The van der Waals surface area contributed by atoms with Crippen molar-refractivity contribution in [2.75, 3.05) is 0 Å². The van der Waals surface area contributed by atoms with Gasteiger partial charge in [-0.1, -0.05) is 35.9 Å². The maximum absolute atomic E-state index is 8.98. The first kappa shape index (κ1) is 12.0. The van der Waals surface area contributed by atoms with Gasteiger partial charge in [-0.2, -0.15) is 0 Å². The van der Waals surface area contributed by atoms with E-state index in [-0.39, 0.29) is 0 Å². The predicted octanol–water partition coefficient (Wildman–Crippen LogP) is 1.81. The average Bonchev–Trinajstić information content (AvgIpc) is 2.33. The highest BCUT2D eigenvalue weighted by molar-refractivity contribution is 6.59. The minimum absolute atomic E-state index is 0.329. The molecule has 0 heterocycles. The molecule has 0 atom stereocenters. The van der Waals surface area contributed by atoms with Crippen molar-refractivity contribution in [1.82, 2.24) is 0 Å². The van der Waals surface area contributed by atoms with Gasteiger partial charge in [0.2, 0.25) is 0 Å². The van der Waals surface area contributed by atoms with E-state index in [0.29, 0.717) is 22.0 Å². The van der Waals surface area contributed by atoms with Gasteiger partial charge in [0.25, 0.3) is 0 Å². The number of ether oxygens (including phenoxy) is 1. The number of hydrogen-bond donors (Lipinski definition) is 2. The van der Waals surface area contributed by atoms with E-state index >= 15 is 0 Å². The molecular weight excluding hydrogens is 238 g/mol. The molecule has 3 nitrogen and oxygen atoms in total. The van der Waals surface area contributed by atoms with Crippen molar-refractivity contribution >= 4 is 24.2 Å². The maximum Gasteiger partial charge on any atom is 0.488 e. The quantitative estimate of drug-likeness (QED) is 0.815. The summed E-state index contributed by atoms with van der Waals surface area (Å²) in [5, 5.41) is 18.3. The summed E-state index contributed by atoms with van der Waals surface area (Å²) in [6.45, 7) is 0. The highest BCUT2D eigenvalue weighted by Gasteiger charge is 2.13. The number of halogens is 1. The van der Waals surface area contributed by atoms with Gasteiger partial charge >= 0.3 is 7.12 Å². The molecule has 0 amide bonds. The van der Waals surface area contributed by atoms with Crippen LogP contribution in [0.4, 0.5) is 0 Å². The van der Waals surface area contributed by atoms with Crippen molar-refractivity contribution in [3.05, 3.63) is 53.6 Å². The van der Waals surface area contributed by atoms with Gasteiger partial charge in [-0.05, 0) is 29.7 Å². The Morgan fingerprint density at radius 1 is 1.00 bits per heavy atom. The Morgan fingerprint density at radius 2 is 1.71 bits per heavy atom. The Bertz CT molecular complexity index is 502. The molecule has 0 saturated carbocycles. The molecule has 0 saturated heterocycles. The van der Waals surface area contributed by atoms with E-state index in [1.807, 2.05) is 30.3 Å². The van der Waals surface area contributed by atoms with E-state index in [0.717, 1.165) is 0 Å². The van der Waals surface area contributed by atoms with Crippen LogP contribution in [0, 0.1) is 0 Å². The zero-order chi connectivity index (χ0) is 12.3. The van der Waals surface area contributed by atoms with Crippen LogP contribution < -0.4 is 10.2 Å². The van der Waals surface area contributed by atoms with E-state index < -0.39 is 7.12 Å². The lowest BCUT2D eigenvalue weighted by atomic mass is 9.80. The maximum atomic E-state index is 8.98. The van der Waals surface area contributed by atoms with E-state index in [1.54, 1.807) is 12.1 Å². The van der Waals surface area contributed by atoms with Gasteiger partial charge in [0, 0.05) is 0 Å². The fourth-order valence-corrected chi connectivity index (χ4v) is 1.60. The van der Waals surface area contributed by atoms with E-state index in [2.05, 4.69) is 0 Å². The molecular formula is C12H10BClO3. The zero-order valence-corrected chi connectivity index (χ0v) is 9.63. The summed E-state index contributed by atoms with van der Waals surface area (Å²) in [6.07, 6.45) is 0. The summed E-state index contributed by atoms with van der Waals surface area (Å²) < 4.78 is 5.55. The summed E-state index contributed by atoms with van der Waals surface area (Å²) in [5.41, 5.74) is 0.329. The topological polar surface area (TPSA) is 49.7 Å². The van der Waals surface area contributed by atoms with Crippen molar-refractivity contribution in [1.29, 1.82) is 0 Å². The Kier molecular flexibility index (Phi) is 3.69. The van der Waals surface area contributed by atoms with Crippen LogP contribution in [0.2, 0.25) is 5.02 Å². The number of para-hydroxylation sites is 1. The van der Waals surface area contributed by atoms with E-state index in [9.17, 15) is 0 Å². The molecule has 0 aliphatic carbocycles. The molecule has 0 radical (unpaired) electrons. The van der Waals surface area contributed by atoms with Crippen LogP contribution in [-0.2, 0) is 0 Å². The number of hydrogen-bond acceptors (Lipinski definition) is 3. The molecule has 0 aliphatic heterocycles. The fourth-order valence-electron chi connectivity index (χ4n) is 1.38. The first-order valence-electron chi connectivity index (χ1n) is 5.05. The van der Waals surface area contributed by atoms with Crippen molar-refractivity contribution in [3.63, 3.8) is 0 Å². The fraction of sp³-hybridized carbons (Fsp3) is 0. The van der Waals surface area contributed by atoms with Crippen LogP contribution in [-0.4, -0.2) is 17.2 Å². The monoisotopic (exact) mass is 248 g/mol. The van der Waals surface area contributed by atoms with Crippen LogP contribution in [0.3, 0.4) is 0 Å². The summed E-state index contributed by atoms with van der Waals surface area (Å²) in [5.74, 6) is 1.15. The second kappa shape index (κ2) is 5.23. The third-order valence-corrected chi connectivity index (χ3v) is 2.52. The van der Waals surface area contributed by atoms with Crippen molar-refractivity contribution in [3.8, 4) is 11.5 Å². The van der Waals surface area contributed by atoms with E-state index in [4.69, 9.17) is 26.4 Å². The Morgan fingerprint density at radius 3 is 2.29 bits per heavy atom. The molecule has 0 fully saturated rings. The largest absolute Gasteiger partial charge is 0.488 e. The van der Waals surface area contributed by atoms with Gasteiger partial charge in [0.15, 0.2) is 0 Å². The Hall–Kier alpha value is -1.49. The van der Waals surface area contributed by atoms with Crippen LogP contribution in [0.15, 0.2) is 48.5 Å². The molecule has 2 N–H and O–H groups in total. The molecule has 2 aromatic rings. The molecule has 0 bridgehead atoms. The van der Waals surface area contributed by atoms with Crippen LogP contribution in [0.1, 0.15) is 0 Å². The van der Waals surface area contributed by atoms with Crippen LogP contribution in [0.5, 0.6) is 11.5 Å². The molecule has 0 unspecified atom stereocenters. The second-order valence-electron chi connectivity index (χ2n) is 3.48. The third kappa shape index (κ3) is 3.00. The third-order valence-electron chi connectivity index (χ3n) is 2.23. The average molecular weight is 248 g/mol. The smallest absolute Gasteiger partial charge is 0.456 e. The highest BCUT2D eigenvalue weighted by Crippen LogP contribution is 2.27. The first-order valence-corrected chi connectivity index (χ1v) is 5.43. The highest BCUT2D eigenvalue weighted by atomic mass is 35.5. The summed E-state index contributed by atoms with van der Waals surface area (Å²) in [4.78, 5) is 0. The van der Waals surface area contributed by atoms with Gasteiger partial charge in [-0.15, -0.1) is 0 Å². The van der Waals surface area contributed by atoms with Crippen LogP contribution >= 0.6 is 11.6 Å². The van der Waals surface area contributed by atoms with Gasteiger partial charge in [-0.25, -0.2) is 0 Å². The lowest BCUT2D eigenvalue weighted by Gasteiger charge is -2.08. The molecule has 17 heavy (non-hydrogen) atoms. The van der Waals surface area contributed by atoms with Crippen molar-refractivity contribution in [2.24, 2.45) is 0 Å². The number of benzene rings is 2. The Labute approximate surface area is 104 Å². The lowest BCUT2D eigenvalue weighted by molar-refractivity contribution is 0.425. The van der Waals surface area contributed by atoms with Crippen molar-refractivity contribution in [2.45, 2.75) is 0 Å². The minimum Gasteiger partial charge on any atom is -0.456 e. The van der Waals surface area contributed by atoms with Crippen molar-refractivity contribution < 1.29 is 14.8 Å². The molecule has 0 aliphatic rings. The summed E-state index contributed by atoms with van der Waals surface area (Å²) in [6, 6.07) is 13.8. The predicted molar refractivity (Wildman–Crippen MR) is 67.8 cm³/mol. The lowest BCUT2D eigenvalue weighted by Crippen LogP contribution is -2.29. The van der Waals surface area contributed by atoms with Gasteiger partial charge < -0.3 is 14.8 Å². The summed E-state index contributed by atoms with van der Waals surface area (Å²) in [7, 11) is -1.53. The zero-order valence-electron chi connectivity index (χ0n) is 8.88. The van der Waals surface area contributed by atoms with Gasteiger partial charge in [-0.3, -0.25) is 0 Å². The van der Waals surface area contributed by atoms with Crippen LogP contribution in [0.25, 0.3) is 0 Å². The molecule has 2 aromatic carbocycles. The molecule has 0 spiro atoms. The standard InChI is InChI=1S/C12H10BClO3/c14-11-8-9(13(15)16)6-7-12(11)17-10-4-2-1-3-5-10/h1-8,15-16H. The minimum atomic E-state index is -1.53.